The summed E-state index contributed by atoms with van der Waals surface area (Å²) in [5.74, 6) is 0.922. The summed E-state index contributed by atoms with van der Waals surface area (Å²) in [6, 6.07) is 12.4. The predicted octanol–water partition coefficient (Wildman–Crippen LogP) is 6.58. The second-order valence-corrected chi connectivity index (χ2v) is 7.54. The minimum atomic E-state index is 0.191. The van der Waals surface area contributed by atoms with E-state index in [1.807, 2.05) is 18.2 Å². The zero-order valence-electron chi connectivity index (χ0n) is 11.7. The maximum atomic E-state index is 6.46. The topological polar surface area (TPSA) is 12.0 Å². The summed E-state index contributed by atoms with van der Waals surface area (Å²) in [7, 11) is 0. The van der Waals surface area contributed by atoms with Crippen LogP contribution in [0, 0.1) is 5.92 Å². The van der Waals surface area contributed by atoms with Crippen molar-refractivity contribution in [2.75, 3.05) is 5.32 Å². The molecular weight excluding hydrogens is 381 g/mol. The van der Waals surface area contributed by atoms with Crippen LogP contribution >= 0.6 is 39.1 Å². The maximum absolute atomic E-state index is 6.46. The van der Waals surface area contributed by atoms with Gasteiger partial charge in [0, 0.05) is 20.4 Å². The summed E-state index contributed by atoms with van der Waals surface area (Å²) in [5.41, 5.74) is 3.65. The molecule has 0 radical (unpaired) electrons. The van der Waals surface area contributed by atoms with Crippen molar-refractivity contribution < 1.29 is 0 Å². The Morgan fingerprint density at radius 1 is 1.09 bits per heavy atom. The number of para-hydroxylation sites is 1. The van der Waals surface area contributed by atoms with E-state index in [1.54, 1.807) is 0 Å². The molecule has 4 heteroatoms. The number of halogens is 3. The first kappa shape index (κ1) is 14.6. The lowest BCUT2D eigenvalue weighted by atomic mass is 9.77. The molecule has 1 aliphatic heterocycles. The fraction of sp³-hybridized carbons (Fsp3) is 0.222. The molecular formula is C18H14BrCl2N. The normalized spacial score (nSPS) is 25.5. The van der Waals surface area contributed by atoms with Crippen LogP contribution in [0.4, 0.5) is 5.69 Å². The summed E-state index contributed by atoms with van der Waals surface area (Å²) in [4.78, 5) is 0. The number of allylic oxidation sites excluding steroid dienone is 2. The Morgan fingerprint density at radius 3 is 2.77 bits per heavy atom. The first-order valence-corrected chi connectivity index (χ1v) is 8.86. The van der Waals surface area contributed by atoms with E-state index in [0.717, 1.165) is 21.5 Å². The first-order valence-electron chi connectivity index (χ1n) is 7.31. The summed E-state index contributed by atoms with van der Waals surface area (Å²) >= 11 is 16.2. The third-order valence-electron chi connectivity index (χ3n) is 4.64. The Balaban J connectivity index is 1.84. The molecule has 3 atom stereocenters. The summed E-state index contributed by atoms with van der Waals surface area (Å²) in [6.07, 6.45) is 5.67. The van der Waals surface area contributed by atoms with Crippen LogP contribution in [0.25, 0.3) is 0 Å². The Hall–Kier alpha value is -0.960. The van der Waals surface area contributed by atoms with Crippen LogP contribution in [0.1, 0.15) is 29.5 Å². The second-order valence-electron chi connectivity index (χ2n) is 5.85. The van der Waals surface area contributed by atoms with Crippen LogP contribution in [0.3, 0.4) is 0 Å². The van der Waals surface area contributed by atoms with Gasteiger partial charge in [-0.2, -0.15) is 0 Å². The highest BCUT2D eigenvalue weighted by Crippen LogP contribution is 2.52. The van der Waals surface area contributed by atoms with Gasteiger partial charge >= 0.3 is 0 Å². The van der Waals surface area contributed by atoms with E-state index in [1.165, 1.54) is 11.3 Å². The van der Waals surface area contributed by atoms with E-state index >= 15 is 0 Å². The van der Waals surface area contributed by atoms with Gasteiger partial charge in [0.25, 0.3) is 0 Å². The van der Waals surface area contributed by atoms with Gasteiger partial charge in [-0.15, -0.1) is 0 Å². The van der Waals surface area contributed by atoms with Gasteiger partial charge in [-0.25, -0.2) is 0 Å². The Labute approximate surface area is 148 Å². The summed E-state index contributed by atoms with van der Waals surface area (Å²) < 4.78 is 1.10. The second kappa shape index (κ2) is 5.59. The highest BCUT2D eigenvalue weighted by atomic mass is 79.9. The molecule has 0 amide bonds. The van der Waals surface area contributed by atoms with Crippen LogP contribution in [0.15, 0.2) is 53.0 Å². The molecule has 0 bridgehead atoms. The van der Waals surface area contributed by atoms with Crippen molar-refractivity contribution in [3.05, 3.63) is 74.2 Å². The van der Waals surface area contributed by atoms with Gasteiger partial charge in [0.1, 0.15) is 0 Å². The van der Waals surface area contributed by atoms with Crippen molar-refractivity contribution in [2.24, 2.45) is 5.92 Å². The van der Waals surface area contributed by atoms with Crippen molar-refractivity contribution in [2.45, 2.75) is 18.4 Å². The summed E-state index contributed by atoms with van der Waals surface area (Å²) in [5, 5.41) is 5.10. The van der Waals surface area contributed by atoms with E-state index < -0.39 is 0 Å². The molecule has 0 saturated heterocycles. The first-order chi connectivity index (χ1) is 10.6. The lowest BCUT2D eigenvalue weighted by molar-refractivity contribution is 0.425. The SMILES string of the molecule is Clc1ccc([C@@H]2Nc3c(Br)cccc3[C@@H]3C=CC[C@H]32)c(Cl)c1. The molecule has 0 unspecified atom stereocenters. The smallest absolute Gasteiger partial charge is 0.0568 e. The van der Waals surface area contributed by atoms with Crippen LogP contribution in [0.5, 0.6) is 0 Å². The predicted molar refractivity (Wildman–Crippen MR) is 97.0 cm³/mol. The standard InChI is InChI=1S/C18H14BrCl2N/c19-15-6-2-5-13-11-3-1-4-12(11)17(22-18(13)15)14-8-7-10(20)9-16(14)21/h1-3,5-9,11-12,17,22H,4H2/t11-,12-,17-/m1/s1. The molecule has 22 heavy (non-hydrogen) atoms. The highest BCUT2D eigenvalue weighted by molar-refractivity contribution is 9.10. The molecule has 0 spiro atoms. The van der Waals surface area contributed by atoms with Gasteiger partial charge in [-0.1, -0.05) is 53.6 Å². The molecule has 2 aromatic carbocycles. The maximum Gasteiger partial charge on any atom is 0.0568 e. The van der Waals surface area contributed by atoms with E-state index in [9.17, 15) is 0 Å². The van der Waals surface area contributed by atoms with E-state index in [-0.39, 0.29) is 6.04 Å². The Morgan fingerprint density at radius 2 is 1.95 bits per heavy atom. The monoisotopic (exact) mass is 393 g/mol. The largest absolute Gasteiger partial charge is 0.377 e. The van der Waals surface area contributed by atoms with E-state index in [0.29, 0.717) is 16.9 Å². The van der Waals surface area contributed by atoms with Crippen LogP contribution < -0.4 is 5.32 Å². The van der Waals surface area contributed by atoms with E-state index in [4.69, 9.17) is 23.2 Å². The van der Waals surface area contributed by atoms with Crippen molar-refractivity contribution in [1.82, 2.24) is 0 Å². The van der Waals surface area contributed by atoms with Gasteiger partial charge in [-0.3, -0.25) is 0 Å². The number of anilines is 1. The molecule has 0 aromatic heterocycles. The highest BCUT2D eigenvalue weighted by Gasteiger charge is 2.39. The molecule has 1 heterocycles. The van der Waals surface area contributed by atoms with Gasteiger partial charge in [0.05, 0.1) is 11.7 Å². The molecule has 0 saturated carbocycles. The third kappa shape index (κ3) is 2.29. The lowest BCUT2D eigenvalue weighted by Gasteiger charge is -2.38. The van der Waals surface area contributed by atoms with Crippen LogP contribution in [-0.2, 0) is 0 Å². The van der Waals surface area contributed by atoms with Crippen molar-refractivity contribution in [1.29, 1.82) is 0 Å². The zero-order chi connectivity index (χ0) is 15.3. The van der Waals surface area contributed by atoms with Crippen molar-refractivity contribution in [3.63, 3.8) is 0 Å². The van der Waals surface area contributed by atoms with Crippen molar-refractivity contribution in [3.8, 4) is 0 Å². The number of hydrogen-bond acceptors (Lipinski definition) is 1. The number of rotatable bonds is 1. The molecule has 1 aliphatic carbocycles. The molecule has 2 aliphatic rings. The molecule has 0 fully saturated rings. The fourth-order valence-electron chi connectivity index (χ4n) is 3.64. The quantitative estimate of drug-likeness (QED) is 0.538. The van der Waals surface area contributed by atoms with Crippen LogP contribution in [-0.4, -0.2) is 0 Å². The fourth-order valence-corrected chi connectivity index (χ4v) is 4.67. The van der Waals surface area contributed by atoms with Crippen molar-refractivity contribution >= 4 is 44.8 Å². The Kier molecular flexibility index (Phi) is 3.72. The average Bonchev–Trinajstić information content (AvgIpc) is 2.97. The summed E-state index contributed by atoms with van der Waals surface area (Å²) in [6.45, 7) is 0. The number of nitrogens with one attached hydrogen (secondary N) is 1. The Bertz CT molecular complexity index is 772. The average molecular weight is 395 g/mol. The molecule has 1 N–H and O–H groups in total. The third-order valence-corrected chi connectivity index (χ3v) is 5.87. The van der Waals surface area contributed by atoms with Crippen LogP contribution in [0.2, 0.25) is 10.0 Å². The minimum Gasteiger partial charge on any atom is -0.377 e. The zero-order valence-corrected chi connectivity index (χ0v) is 14.8. The van der Waals surface area contributed by atoms with Gasteiger partial charge < -0.3 is 5.32 Å². The number of benzene rings is 2. The van der Waals surface area contributed by atoms with Gasteiger partial charge in [-0.05, 0) is 57.6 Å². The minimum absolute atomic E-state index is 0.191. The van der Waals surface area contributed by atoms with E-state index in [2.05, 4.69) is 51.6 Å². The molecule has 2 aromatic rings. The molecule has 1 nitrogen and oxygen atoms in total. The van der Waals surface area contributed by atoms with Gasteiger partial charge in [0.15, 0.2) is 0 Å². The lowest BCUT2D eigenvalue weighted by Crippen LogP contribution is -2.29. The van der Waals surface area contributed by atoms with Gasteiger partial charge in [0.2, 0.25) is 0 Å². The molecule has 4 rings (SSSR count). The number of fused-ring (bicyclic) bond motifs is 3. The molecule has 112 valence electrons. The number of hydrogen-bond donors (Lipinski definition) is 1.